The summed E-state index contributed by atoms with van der Waals surface area (Å²) >= 11 is 0. The summed E-state index contributed by atoms with van der Waals surface area (Å²) in [6.07, 6.45) is 0. The Kier molecular flexibility index (Phi) is 8.15. The third-order valence-electron chi connectivity index (χ3n) is 6.16. The first-order valence-electron chi connectivity index (χ1n) is 12.8. The van der Waals surface area contributed by atoms with Crippen LogP contribution in [0.5, 0.6) is 17.2 Å². The quantitative estimate of drug-likeness (QED) is 0.144. The lowest BCUT2D eigenvalue weighted by atomic mass is 9.99. The number of ether oxygens (including phenoxy) is 3. The van der Waals surface area contributed by atoms with Crippen LogP contribution < -0.4 is 14.2 Å². The van der Waals surface area contributed by atoms with Crippen LogP contribution >= 0.6 is 0 Å². The van der Waals surface area contributed by atoms with Gasteiger partial charge in [0.2, 0.25) is 0 Å². The van der Waals surface area contributed by atoms with Crippen molar-refractivity contribution in [1.29, 1.82) is 0 Å². The van der Waals surface area contributed by atoms with Crippen LogP contribution in [0.4, 0.5) is 8.78 Å². The highest BCUT2D eigenvalue weighted by Crippen LogP contribution is 2.43. The smallest absolute Gasteiger partial charge is 0.343 e. The summed E-state index contributed by atoms with van der Waals surface area (Å²) in [5.74, 6) is -6.39. The van der Waals surface area contributed by atoms with E-state index in [1.54, 1.807) is 78.9 Å². The topological polar surface area (TPSA) is 78.9 Å². The van der Waals surface area contributed by atoms with Gasteiger partial charge in [-0.15, -0.1) is 0 Å². The first kappa shape index (κ1) is 27.9. The van der Waals surface area contributed by atoms with E-state index in [2.05, 4.69) is 0 Å². The minimum Gasteiger partial charge on any atom is -0.423 e. The number of carbonyl (C=O) groups is 3. The molecule has 0 aliphatic heterocycles. The van der Waals surface area contributed by atoms with Crippen molar-refractivity contribution in [2.75, 3.05) is 0 Å². The number of hydrogen-bond donors (Lipinski definition) is 0. The first-order chi connectivity index (χ1) is 20.3. The molecule has 8 heteroatoms. The van der Waals surface area contributed by atoms with Crippen molar-refractivity contribution in [3.63, 3.8) is 0 Å². The van der Waals surface area contributed by atoms with Crippen LogP contribution in [0.15, 0.2) is 133 Å². The Morgan fingerprint density at radius 3 is 1.36 bits per heavy atom. The first-order valence-corrected chi connectivity index (χ1v) is 12.8. The van der Waals surface area contributed by atoms with Gasteiger partial charge in [-0.1, -0.05) is 54.6 Å². The summed E-state index contributed by atoms with van der Waals surface area (Å²) in [6.45, 7) is 0. The fourth-order valence-electron chi connectivity index (χ4n) is 4.01. The molecule has 0 amide bonds. The van der Waals surface area contributed by atoms with Crippen LogP contribution in [-0.4, -0.2) is 17.9 Å². The largest absolute Gasteiger partial charge is 0.423 e. The molecule has 5 aromatic carbocycles. The Morgan fingerprint density at radius 2 is 0.881 bits per heavy atom. The van der Waals surface area contributed by atoms with Gasteiger partial charge < -0.3 is 14.2 Å². The lowest BCUT2D eigenvalue weighted by Crippen LogP contribution is -2.19. The molecular formula is C34H22F2O6. The summed E-state index contributed by atoms with van der Waals surface area (Å²) in [6, 6.07) is 32.3. The molecule has 0 aliphatic rings. The standard InChI is InChI=1S/C34H22F2O6/c35-34(36,26-16-18-27(19-17-26)40-31(37)23-10-4-1-5-11-23)29-21-20-28(41-32(38)24-12-6-2-7-13-24)22-30(29)42-33(39)25-14-8-3-9-15-25/h1-22H. The Balaban J connectivity index is 1.43. The van der Waals surface area contributed by atoms with Crippen LogP contribution in [0.2, 0.25) is 0 Å². The van der Waals surface area contributed by atoms with E-state index in [4.69, 9.17) is 14.2 Å². The molecule has 0 unspecified atom stereocenters. The molecule has 5 aromatic rings. The van der Waals surface area contributed by atoms with Crippen molar-refractivity contribution < 1.29 is 37.4 Å². The Morgan fingerprint density at radius 1 is 0.476 bits per heavy atom. The number of alkyl halides is 2. The van der Waals surface area contributed by atoms with Gasteiger partial charge in [0.05, 0.1) is 22.3 Å². The van der Waals surface area contributed by atoms with E-state index >= 15 is 8.78 Å². The minimum absolute atomic E-state index is 0.0716. The molecule has 0 fully saturated rings. The number of benzene rings is 5. The molecule has 6 nitrogen and oxygen atoms in total. The lowest BCUT2D eigenvalue weighted by Gasteiger charge is -2.21. The zero-order valence-electron chi connectivity index (χ0n) is 21.9. The number of carbonyl (C=O) groups excluding carboxylic acids is 3. The molecule has 0 aromatic heterocycles. The molecule has 0 radical (unpaired) electrons. The van der Waals surface area contributed by atoms with Gasteiger partial charge in [0.1, 0.15) is 17.2 Å². The highest BCUT2D eigenvalue weighted by Gasteiger charge is 2.38. The maximum atomic E-state index is 15.9. The van der Waals surface area contributed by atoms with E-state index in [9.17, 15) is 14.4 Å². The van der Waals surface area contributed by atoms with Crippen LogP contribution in [0, 0.1) is 0 Å². The van der Waals surface area contributed by atoms with Crippen molar-refractivity contribution in [2.24, 2.45) is 0 Å². The van der Waals surface area contributed by atoms with Crippen molar-refractivity contribution >= 4 is 17.9 Å². The second-order valence-corrected chi connectivity index (χ2v) is 9.02. The maximum absolute atomic E-state index is 15.9. The lowest BCUT2D eigenvalue weighted by molar-refractivity contribution is 0.0387. The van der Waals surface area contributed by atoms with Gasteiger partial charge in [-0.2, -0.15) is 8.78 Å². The highest BCUT2D eigenvalue weighted by atomic mass is 19.3. The molecule has 0 spiro atoms. The van der Waals surface area contributed by atoms with E-state index in [1.165, 1.54) is 30.3 Å². The Labute approximate surface area is 239 Å². The van der Waals surface area contributed by atoms with Crippen LogP contribution in [0.1, 0.15) is 42.2 Å². The monoisotopic (exact) mass is 564 g/mol. The Bertz CT molecular complexity index is 1700. The SMILES string of the molecule is O=C(Oc1ccc(C(F)(F)c2ccc(OC(=O)c3ccccc3)cc2OC(=O)c2ccccc2)cc1)c1ccccc1. The van der Waals surface area contributed by atoms with Gasteiger partial charge in [-0.25, -0.2) is 14.4 Å². The zero-order chi connectivity index (χ0) is 29.5. The summed E-state index contributed by atoms with van der Waals surface area (Å²) in [4.78, 5) is 37.7. The van der Waals surface area contributed by atoms with Gasteiger partial charge in [0.15, 0.2) is 0 Å². The predicted octanol–water partition coefficient (Wildman–Crippen LogP) is 7.48. The van der Waals surface area contributed by atoms with Crippen LogP contribution in [-0.2, 0) is 5.92 Å². The molecule has 0 aliphatic carbocycles. The maximum Gasteiger partial charge on any atom is 0.343 e. The average Bonchev–Trinajstić information content (AvgIpc) is 3.02. The normalized spacial score (nSPS) is 10.9. The van der Waals surface area contributed by atoms with Gasteiger partial charge in [0, 0.05) is 11.6 Å². The third-order valence-corrected chi connectivity index (χ3v) is 6.16. The summed E-state index contributed by atoms with van der Waals surface area (Å²) in [5.41, 5.74) is -0.385. The Hall–Kier alpha value is -5.63. The molecule has 208 valence electrons. The fourth-order valence-corrected chi connectivity index (χ4v) is 4.01. The van der Waals surface area contributed by atoms with Crippen molar-refractivity contribution in [1.82, 2.24) is 0 Å². The van der Waals surface area contributed by atoms with Gasteiger partial charge >= 0.3 is 23.8 Å². The van der Waals surface area contributed by atoms with E-state index in [1.807, 2.05) is 0 Å². The van der Waals surface area contributed by atoms with Gasteiger partial charge in [-0.3, -0.25) is 0 Å². The highest BCUT2D eigenvalue weighted by molar-refractivity contribution is 5.92. The predicted molar refractivity (Wildman–Crippen MR) is 150 cm³/mol. The van der Waals surface area contributed by atoms with E-state index in [-0.39, 0.29) is 22.6 Å². The fraction of sp³-hybridized carbons (Fsp3) is 0.0294. The summed E-state index contributed by atoms with van der Waals surface area (Å²) < 4.78 is 47.9. The van der Waals surface area contributed by atoms with Crippen molar-refractivity contribution in [2.45, 2.75) is 5.92 Å². The second-order valence-electron chi connectivity index (χ2n) is 9.02. The summed E-state index contributed by atoms with van der Waals surface area (Å²) in [5, 5.41) is 0. The zero-order valence-corrected chi connectivity index (χ0v) is 21.9. The van der Waals surface area contributed by atoms with Gasteiger partial charge in [0.25, 0.3) is 0 Å². The second kappa shape index (κ2) is 12.3. The van der Waals surface area contributed by atoms with E-state index < -0.39 is 40.7 Å². The number of rotatable bonds is 8. The van der Waals surface area contributed by atoms with Crippen molar-refractivity contribution in [3.8, 4) is 17.2 Å². The molecule has 5 rings (SSSR count). The molecule has 0 heterocycles. The summed E-state index contributed by atoms with van der Waals surface area (Å²) in [7, 11) is 0. The molecule has 42 heavy (non-hydrogen) atoms. The number of esters is 3. The van der Waals surface area contributed by atoms with Crippen LogP contribution in [0.3, 0.4) is 0 Å². The number of halogens is 2. The van der Waals surface area contributed by atoms with E-state index in [0.29, 0.717) is 5.56 Å². The average molecular weight is 565 g/mol. The molecule has 0 atom stereocenters. The minimum atomic E-state index is -3.66. The van der Waals surface area contributed by atoms with Crippen molar-refractivity contribution in [3.05, 3.63) is 161 Å². The van der Waals surface area contributed by atoms with E-state index in [0.717, 1.165) is 24.3 Å². The molecule has 0 bridgehead atoms. The molecule has 0 saturated carbocycles. The third kappa shape index (κ3) is 6.39. The molecule has 0 saturated heterocycles. The molecule has 0 N–H and O–H groups in total. The molecular weight excluding hydrogens is 542 g/mol. The van der Waals surface area contributed by atoms with Gasteiger partial charge in [-0.05, 0) is 72.8 Å². The van der Waals surface area contributed by atoms with Crippen LogP contribution in [0.25, 0.3) is 0 Å². The number of hydrogen-bond acceptors (Lipinski definition) is 6.